The molecule has 0 saturated carbocycles. The van der Waals surface area contributed by atoms with Gasteiger partial charge in [-0.1, -0.05) is 55.5 Å². The van der Waals surface area contributed by atoms with Crippen molar-refractivity contribution >= 4 is 11.6 Å². The van der Waals surface area contributed by atoms with Gasteiger partial charge in [-0.25, -0.2) is 0 Å². The van der Waals surface area contributed by atoms with Crippen molar-refractivity contribution in [1.82, 2.24) is 0 Å². The molecule has 2 atom stereocenters. The molecule has 0 bridgehead atoms. The second-order valence-corrected chi connectivity index (χ2v) is 5.98. The van der Waals surface area contributed by atoms with E-state index in [0.717, 1.165) is 18.5 Å². The number of amides is 1. The zero-order chi connectivity index (χ0) is 14.8. The quantitative estimate of drug-likeness (QED) is 0.836. The molecule has 0 spiro atoms. The number of anilines is 1. The number of hydrogen-bond acceptors (Lipinski definition) is 1. The Morgan fingerprint density at radius 3 is 2.57 bits per heavy atom. The first-order chi connectivity index (χ1) is 10.2. The highest BCUT2D eigenvalue weighted by atomic mass is 16.2. The highest BCUT2D eigenvalue weighted by molar-refractivity contribution is 5.97. The molecule has 2 heteroatoms. The lowest BCUT2D eigenvalue weighted by atomic mass is 9.99. The van der Waals surface area contributed by atoms with Crippen LogP contribution in [0.3, 0.4) is 0 Å². The van der Waals surface area contributed by atoms with Gasteiger partial charge in [0.05, 0.1) is 0 Å². The SMILES string of the molecule is CC(Cc1ccccc1)C(=O)N1c2ccccc2CC1C. The molecule has 0 saturated heterocycles. The predicted octanol–water partition coefficient (Wildman–Crippen LogP) is 3.84. The molecular weight excluding hydrogens is 258 g/mol. The summed E-state index contributed by atoms with van der Waals surface area (Å²) in [6.45, 7) is 4.16. The Bertz CT molecular complexity index is 635. The Balaban J connectivity index is 1.79. The first kappa shape index (κ1) is 13.9. The minimum atomic E-state index is 0.000932. The molecule has 0 N–H and O–H groups in total. The molecule has 1 aliphatic heterocycles. The largest absolute Gasteiger partial charge is 0.309 e. The molecule has 3 rings (SSSR count). The third-order valence-corrected chi connectivity index (χ3v) is 4.25. The van der Waals surface area contributed by atoms with Gasteiger partial charge in [0.25, 0.3) is 0 Å². The van der Waals surface area contributed by atoms with E-state index in [4.69, 9.17) is 0 Å². The zero-order valence-corrected chi connectivity index (χ0v) is 12.6. The van der Waals surface area contributed by atoms with Crippen molar-refractivity contribution in [1.29, 1.82) is 0 Å². The van der Waals surface area contributed by atoms with Crippen LogP contribution in [0.15, 0.2) is 54.6 Å². The summed E-state index contributed by atoms with van der Waals surface area (Å²) in [7, 11) is 0. The van der Waals surface area contributed by atoms with Crippen LogP contribution in [-0.4, -0.2) is 11.9 Å². The van der Waals surface area contributed by atoms with Crippen molar-refractivity contribution < 1.29 is 4.79 Å². The molecule has 0 aliphatic carbocycles. The van der Waals surface area contributed by atoms with Gasteiger partial charge in [0.1, 0.15) is 0 Å². The normalized spacial score (nSPS) is 18.4. The number of nitrogens with zero attached hydrogens (tertiary/aromatic N) is 1. The Kier molecular flexibility index (Phi) is 3.78. The summed E-state index contributed by atoms with van der Waals surface area (Å²) in [4.78, 5) is 14.8. The van der Waals surface area contributed by atoms with Crippen LogP contribution in [0, 0.1) is 5.92 Å². The third kappa shape index (κ3) is 2.71. The molecule has 1 amide bonds. The molecule has 108 valence electrons. The maximum atomic E-state index is 12.8. The second kappa shape index (κ2) is 5.72. The van der Waals surface area contributed by atoms with E-state index >= 15 is 0 Å². The Morgan fingerprint density at radius 2 is 1.81 bits per heavy atom. The Morgan fingerprint density at radius 1 is 1.14 bits per heavy atom. The zero-order valence-electron chi connectivity index (χ0n) is 12.6. The lowest BCUT2D eigenvalue weighted by molar-refractivity contribution is -0.122. The van der Waals surface area contributed by atoms with Gasteiger partial charge in [-0.3, -0.25) is 4.79 Å². The summed E-state index contributed by atoms with van der Waals surface area (Å²) >= 11 is 0. The van der Waals surface area contributed by atoms with Crippen LogP contribution in [0.25, 0.3) is 0 Å². The Hall–Kier alpha value is -2.09. The van der Waals surface area contributed by atoms with Gasteiger partial charge in [0.2, 0.25) is 5.91 Å². The highest BCUT2D eigenvalue weighted by Gasteiger charge is 2.32. The number of rotatable bonds is 3. The van der Waals surface area contributed by atoms with Crippen molar-refractivity contribution in [2.45, 2.75) is 32.7 Å². The predicted molar refractivity (Wildman–Crippen MR) is 86.4 cm³/mol. The lowest BCUT2D eigenvalue weighted by Gasteiger charge is -2.26. The number of hydrogen-bond donors (Lipinski definition) is 0. The molecule has 2 aromatic rings. The van der Waals surface area contributed by atoms with Crippen LogP contribution < -0.4 is 4.90 Å². The average molecular weight is 279 g/mol. The molecule has 0 aromatic heterocycles. The lowest BCUT2D eigenvalue weighted by Crippen LogP contribution is -2.39. The first-order valence-corrected chi connectivity index (χ1v) is 7.61. The van der Waals surface area contributed by atoms with Crippen LogP contribution in [0.2, 0.25) is 0 Å². The van der Waals surface area contributed by atoms with Gasteiger partial charge in [-0.05, 0) is 37.0 Å². The fraction of sp³-hybridized carbons (Fsp3) is 0.316. The standard InChI is InChI=1S/C19H21NO/c1-14(12-16-8-4-3-5-9-16)19(21)20-15(2)13-17-10-6-7-11-18(17)20/h3-11,14-15H,12-13H2,1-2H3. The summed E-state index contributed by atoms with van der Waals surface area (Å²) in [6, 6.07) is 18.7. The van der Waals surface area contributed by atoms with Gasteiger partial charge in [-0.15, -0.1) is 0 Å². The topological polar surface area (TPSA) is 20.3 Å². The van der Waals surface area contributed by atoms with Crippen LogP contribution in [0.4, 0.5) is 5.69 Å². The molecular formula is C19H21NO. The molecule has 21 heavy (non-hydrogen) atoms. The van der Waals surface area contributed by atoms with Crippen molar-refractivity contribution in [2.75, 3.05) is 4.90 Å². The van der Waals surface area contributed by atoms with E-state index in [-0.39, 0.29) is 17.9 Å². The van der Waals surface area contributed by atoms with Gasteiger partial charge < -0.3 is 4.90 Å². The fourth-order valence-corrected chi connectivity index (χ4v) is 3.19. The van der Waals surface area contributed by atoms with Crippen molar-refractivity contribution in [2.24, 2.45) is 5.92 Å². The minimum absolute atomic E-state index is 0.000932. The molecule has 1 aliphatic rings. The van der Waals surface area contributed by atoms with E-state index in [1.165, 1.54) is 11.1 Å². The van der Waals surface area contributed by atoms with E-state index in [1.54, 1.807) is 0 Å². The maximum absolute atomic E-state index is 12.8. The molecule has 2 nitrogen and oxygen atoms in total. The number of benzene rings is 2. The van der Waals surface area contributed by atoms with Crippen LogP contribution >= 0.6 is 0 Å². The van der Waals surface area contributed by atoms with Crippen molar-refractivity contribution in [3.63, 3.8) is 0 Å². The smallest absolute Gasteiger partial charge is 0.230 e. The first-order valence-electron chi connectivity index (χ1n) is 7.61. The van der Waals surface area contributed by atoms with Gasteiger partial charge >= 0.3 is 0 Å². The van der Waals surface area contributed by atoms with E-state index in [1.807, 2.05) is 42.2 Å². The van der Waals surface area contributed by atoms with Crippen molar-refractivity contribution in [3.8, 4) is 0 Å². The summed E-state index contributed by atoms with van der Waals surface area (Å²) in [6.07, 6.45) is 1.75. The van der Waals surface area contributed by atoms with E-state index in [9.17, 15) is 4.79 Å². The third-order valence-electron chi connectivity index (χ3n) is 4.25. The molecule has 2 unspecified atom stereocenters. The maximum Gasteiger partial charge on any atom is 0.230 e. The minimum Gasteiger partial charge on any atom is -0.309 e. The van der Waals surface area contributed by atoms with E-state index < -0.39 is 0 Å². The van der Waals surface area contributed by atoms with Crippen molar-refractivity contribution in [3.05, 3.63) is 65.7 Å². The number of carbonyl (C=O) groups is 1. The van der Waals surface area contributed by atoms with Crippen LogP contribution in [0.5, 0.6) is 0 Å². The Labute approximate surface area is 126 Å². The van der Waals surface area contributed by atoms with Crippen LogP contribution in [0.1, 0.15) is 25.0 Å². The second-order valence-electron chi connectivity index (χ2n) is 5.98. The van der Waals surface area contributed by atoms with Gasteiger partial charge in [-0.2, -0.15) is 0 Å². The molecule has 1 heterocycles. The highest BCUT2D eigenvalue weighted by Crippen LogP contribution is 2.33. The summed E-state index contributed by atoms with van der Waals surface area (Å²) in [5, 5.41) is 0. The fourth-order valence-electron chi connectivity index (χ4n) is 3.19. The summed E-state index contributed by atoms with van der Waals surface area (Å²) in [5.74, 6) is 0.234. The van der Waals surface area contributed by atoms with Gasteiger partial charge in [0, 0.05) is 17.6 Å². The molecule has 0 fully saturated rings. The number of fused-ring (bicyclic) bond motifs is 1. The molecule has 2 aromatic carbocycles. The van der Waals surface area contributed by atoms with Crippen LogP contribution in [-0.2, 0) is 17.6 Å². The van der Waals surface area contributed by atoms with E-state index in [0.29, 0.717) is 0 Å². The number of para-hydroxylation sites is 1. The summed E-state index contributed by atoms with van der Waals surface area (Å²) < 4.78 is 0. The van der Waals surface area contributed by atoms with Gasteiger partial charge in [0.15, 0.2) is 0 Å². The summed E-state index contributed by atoms with van der Waals surface area (Å²) in [5.41, 5.74) is 3.60. The number of carbonyl (C=O) groups excluding carboxylic acids is 1. The molecule has 0 radical (unpaired) electrons. The average Bonchev–Trinajstić information content (AvgIpc) is 2.83. The monoisotopic (exact) mass is 279 g/mol. The van der Waals surface area contributed by atoms with E-state index in [2.05, 4.69) is 31.2 Å².